The first-order valence-electron chi connectivity index (χ1n) is 10.5. The van der Waals surface area contributed by atoms with Gasteiger partial charge in [-0.05, 0) is 36.8 Å². The Morgan fingerprint density at radius 2 is 1.93 bits per heavy atom. The number of hydrogen-bond donors (Lipinski definition) is 2. The van der Waals surface area contributed by atoms with Crippen molar-refractivity contribution in [3.05, 3.63) is 65.9 Å². The molecule has 6 heteroatoms. The lowest BCUT2D eigenvalue weighted by Crippen LogP contribution is -2.18. The molecule has 1 unspecified atom stereocenters. The number of imidazole rings is 1. The number of hydrogen-bond acceptors (Lipinski definition) is 4. The van der Waals surface area contributed by atoms with Crippen LogP contribution in [0, 0.1) is 0 Å². The van der Waals surface area contributed by atoms with Crippen LogP contribution < -0.4 is 5.90 Å². The normalized spacial score (nSPS) is 13.0. The number of benzene rings is 1. The summed E-state index contributed by atoms with van der Waals surface area (Å²) in [5.74, 6) is 5.58. The van der Waals surface area contributed by atoms with Crippen LogP contribution in [0.15, 0.2) is 60.4 Å². The molecule has 0 fully saturated rings. The highest BCUT2D eigenvalue weighted by Gasteiger charge is 2.22. The predicted octanol–water partition coefficient (Wildman–Crippen LogP) is 5.04. The van der Waals surface area contributed by atoms with E-state index in [9.17, 15) is 4.79 Å². The Labute approximate surface area is 173 Å². The zero-order valence-electron chi connectivity index (χ0n) is 17.3. The van der Waals surface area contributed by atoms with Crippen molar-refractivity contribution < 1.29 is 14.7 Å². The van der Waals surface area contributed by atoms with E-state index in [0.717, 1.165) is 31.3 Å². The average molecular weight is 400 g/mol. The van der Waals surface area contributed by atoms with Crippen molar-refractivity contribution >= 4 is 5.97 Å². The molecule has 1 atom stereocenters. The molecule has 2 rings (SSSR count). The Morgan fingerprint density at radius 3 is 2.55 bits per heavy atom. The molecule has 0 aliphatic heterocycles. The lowest BCUT2D eigenvalue weighted by atomic mass is 9.92. The number of aromatic nitrogens is 2. The molecule has 29 heavy (non-hydrogen) atoms. The Balaban J connectivity index is 2.33. The molecule has 0 aliphatic rings. The summed E-state index contributed by atoms with van der Waals surface area (Å²) in [6.07, 6.45) is 12.9. The van der Waals surface area contributed by atoms with E-state index in [1.165, 1.54) is 18.4 Å². The second-order valence-corrected chi connectivity index (χ2v) is 7.34. The van der Waals surface area contributed by atoms with Crippen LogP contribution in [-0.2, 0) is 16.1 Å². The molecule has 0 bridgehead atoms. The molecule has 2 aromatic rings. The van der Waals surface area contributed by atoms with Crippen molar-refractivity contribution in [1.82, 2.24) is 9.55 Å². The minimum Gasteiger partial charge on any atom is -0.481 e. The molecule has 0 spiro atoms. The Morgan fingerprint density at radius 1 is 1.14 bits per heavy atom. The maximum absolute atomic E-state index is 10.9. The first-order valence-corrected chi connectivity index (χ1v) is 10.5. The van der Waals surface area contributed by atoms with Crippen molar-refractivity contribution in [1.29, 1.82) is 0 Å². The second kappa shape index (κ2) is 12.8. The third-order valence-electron chi connectivity index (χ3n) is 5.15. The summed E-state index contributed by atoms with van der Waals surface area (Å²) in [5.41, 5.74) is 2.36. The first kappa shape index (κ1) is 22.7. The van der Waals surface area contributed by atoms with Crippen molar-refractivity contribution in [2.45, 2.75) is 70.8 Å². The fraction of sp³-hybridized carbons (Fsp3) is 0.478. The number of nitrogens with two attached hydrogens (primary N) is 1. The SMILES string of the molecule is CCCCCC/C(=C(/CCCC(=O)O)ON)C(Cc1ccccc1)n1ccnc1. The summed E-state index contributed by atoms with van der Waals surface area (Å²) in [6.45, 7) is 2.20. The fourth-order valence-electron chi connectivity index (χ4n) is 3.63. The zero-order valence-corrected chi connectivity index (χ0v) is 17.3. The van der Waals surface area contributed by atoms with Crippen LogP contribution >= 0.6 is 0 Å². The van der Waals surface area contributed by atoms with Gasteiger partial charge in [-0.1, -0.05) is 56.5 Å². The highest BCUT2D eigenvalue weighted by molar-refractivity contribution is 5.66. The van der Waals surface area contributed by atoms with Gasteiger partial charge in [-0.2, -0.15) is 5.90 Å². The first-order chi connectivity index (χ1) is 14.2. The molecule has 6 nitrogen and oxygen atoms in total. The van der Waals surface area contributed by atoms with Crippen LogP contribution in [0.1, 0.15) is 69.9 Å². The molecule has 158 valence electrons. The van der Waals surface area contributed by atoms with Crippen LogP contribution in [0.4, 0.5) is 0 Å². The fourth-order valence-corrected chi connectivity index (χ4v) is 3.63. The maximum atomic E-state index is 10.9. The maximum Gasteiger partial charge on any atom is 0.303 e. The van der Waals surface area contributed by atoms with E-state index in [1.807, 2.05) is 30.7 Å². The van der Waals surface area contributed by atoms with E-state index >= 15 is 0 Å². The van der Waals surface area contributed by atoms with Crippen LogP contribution in [-0.4, -0.2) is 20.6 Å². The number of rotatable bonds is 14. The van der Waals surface area contributed by atoms with Gasteiger partial charge in [-0.25, -0.2) is 4.98 Å². The lowest BCUT2D eigenvalue weighted by Gasteiger charge is -2.25. The van der Waals surface area contributed by atoms with Crippen molar-refractivity contribution in [3.8, 4) is 0 Å². The molecule has 0 radical (unpaired) electrons. The van der Waals surface area contributed by atoms with E-state index < -0.39 is 5.97 Å². The topological polar surface area (TPSA) is 90.4 Å². The Bertz CT molecular complexity index is 742. The smallest absolute Gasteiger partial charge is 0.303 e. The molecule has 1 aromatic carbocycles. The third-order valence-corrected chi connectivity index (χ3v) is 5.15. The van der Waals surface area contributed by atoms with Gasteiger partial charge in [0.15, 0.2) is 0 Å². The summed E-state index contributed by atoms with van der Waals surface area (Å²) in [7, 11) is 0. The van der Waals surface area contributed by atoms with Gasteiger partial charge in [0.1, 0.15) is 5.76 Å². The molecule has 1 heterocycles. The summed E-state index contributed by atoms with van der Waals surface area (Å²) in [5, 5.41) is 8.99. The average Bonchev–Trinajstić information content (AvgIpc) is 3.26. The van der Waals surface area contributed by atoms with Gasteiger partial charge in [0.25, 0.3) is 0 Å². The van der Waals surface area contributed by atoms with E-state index in [0.29, 0.717) is 18.6 Å². The van der Waals surface area contributed by atoms with Gasteiger partial charge in [0.2, 0.25) is 0 Å². The number of carboxylic acids is 1. The molecule has 3 N–H and O–H groups in total. The Kier molecular flexibility index (Phi) is 10.00. The summed E-state index contributed by atoms with van der Waals surface area (Å²) < 4.78 is 2.10. The van der Waals surface area contributed by atoms with Crippen LogP contribution in [0.5, 0.6) is 0 Å². The zero-order chi connectivity index (χ0) is 20.9. The summed E-state index contributed by atoms with van der Waals surface area (Å²) in [6, 6.07) is 10.4. The summed E-state index contributed by atoms with van der Waals surface area (Å²) >= 11 is 0. The molecule has 0 saturated carbocycles. The molecule has 1 aromatic heterocycles. The number of nitrogens with zero attached hydrogens (tertiary/aromatic N) is 2. The van der Waals surface area contributed by atoms with E-state index in [-0.39, 0.29) is 12.5 Å². The second-order valence-electron chi connectivity index (χ2n) is 7.34. The number of carboxylic acid groups (broad SMARTS) is 1. The van der Waals surface area contributed by atoms with Crippen LogP contribution in [0.25, 0.3) is 0 Å². The standard InChI is InChI=1S/C23H33N3O3/c1-2-3-4-8-12-20(22(29-24)13-9-14-23(27)28)21(26-16-15-25-18-26)17-19-10-6-5-7-11-19/h5-7,10-11,15-16,18,21H,2-4,8-9,12-14,17,24H2,1H3,(H,27,28)/b22-20+. The minimum absolute atomic E-state index is 0.0323. The minimum atomic E-state index is -0.804. The van der Waals surface area contributed by atoms with Gasteiger partial charge >= 0.3 is 5.97 Å². The molecule has 0 saturated heterocycles. The monoisotopic (exact) mass is 399 g/mol. The van der Waals surface area contributed by atoms with Crippen LogP contribution in [0.2, 0.25) is 0 Å². The molecular formula is C23H33N3O3. The number of allylic oxidation sites excluding steroid dienone is 2. The highest BCUT2D eigenvalue weighted by atomic mass is 16.6. The van der Waals surface area contributed by atoms with Crippen molar-refractivity contribution in [2.24, 2.45) is 5.90 Å². The molecular weight excluding hydrogens is 366 g/mol. The van der Waals surface area contributed by atoms with Gasteiger partial charge in [0, 0.05) is 25.2 Å². The number of unbranched alkanes of at least 4 members (excludes halogenated alkanes) is 3. The lowest BCUT2D eigenvalue weighted by molar-refractivity contribution is -0.137. The molecule has 0 aliphatic carbocycles. The number of aliphatic carboxylic acids is 1. The quantitative estimate of drug-likeness (QED) is 0.264. The van der Waals surface area contributed by atoms with Crippen molar-refractivity contribution in [3.63, 3.8) is 0 Å². The molecule has 0 amide bonds. The summed E-state index contributed by atoms with van der Waals surface area (Å²) in [4.78, 5) is 20.5. The van der Waals surface area contributed by atoms with E-state index in [1.54, 1.807) is 6.20 Å². The van der Waals surface area contributed by atoms with E-state index in [2.05, 4.69) is 28.6 Å². The van der Waals surface area contributed by atoms with Gasteiger partial charge in [-0.3, -0.25) is 4.79 Å². The van der Waals surface area contributed by atoms with Gasteiger partial charge < -0.3 is 14.5 Å². The van der Waals surface area contributed by atoms with Gasteiger partial charge in [0.05, 0.1) is 12.4 Å². The van der Waals surface area contributed by atoms with Gasteiger partial charge in [-0.15, -0.1) is 0 Å². The highest BCUT2D eigenvalue weighted by Crippen LogP contribution is 2.31. The van der Waals surface area contributed by atoms with Crippen LogP contribution in [0.3, 0.4) is 0 Å². The predicted molar refractivity (Wildman–Crippen MR) is 114 cm³/mol. The van der Waals surface area contributed by atoms with Crippen molar-refractivity contribution in [2.75, 3.05) is 0 Å². The third kappa shape index (κ3) is 7.74. The number of carbonyl (C=O) groups is 1. The Hall–Kier alpha value is -2.60. The largest absolute Gasteiger partial charge is 0.481 e. The van der Waals surface area contributed by atoms with E-state index in [4.69, 9.17) is 15.8 Å².